The Morgan fingerprint density at radius 2 is 1.88 bits per heavy atom. The van der Waals surface area contributed by atoms with Gasteiger partial charge in [-0.25, -0.2) is 4.58 Å². The van der Waals surface area contributed by atoms with E-state index in [1.165, 1.54) is 22.4 Å². The topological polar surface area (TPSA) is 32.9 Å². The number of benzene rings is 1. The summed E-state index contributed by atoms with van der Waals surface area (Å²) in [4.78, 5) is 0. The molecule has 172 valence electrons. The second-order valence-corrected chi connectivity index (χ2v) is 9.51. The smallest absolute Gasteiger partial charge is 0.218 e. The fraction of sp³-hybridized carbons (Fsp3) is 0.333. The van der Waals surface area contributed by atoms with Gasteiger partial charge in [-0.2, -0.15) is 4.57 Å². The maximum atomic E-state index is 6.11. The SMILES string of the molecule is C=C(N)/C=C(\CC)C1(C)CCc2ccccc2-c2cccc[n+]2C(=C)CC1(C)[N+](=C)/C=C\C. The van der Waals surface area contributed by atoms with Crippen LogP contribution in [0, 0.1) is 5.41 Å². The minimum Gasteiger partial charge on any atom is -0.399 e. The minimum absolute atomic E-state index is 0.228. The molecule has 33 heavy (non-hydrogen) atoms. The Labute approximate surface area is 200 Å². The van der Waals surface area contributed by atoms with Crippen LogP contribution >= 0.6 is 0 Å². The highest BCUT2D eigenvalue weighted by molar-refractivity contribution is 5.62. The Balaban J connectivity index is 2.33. The van der Waals surface area contributed by atoms with Crippen molar-refractivity contribution in [3.05, 3.63) is 97.0 Å². The summed E-state index contributed by atoms with van der Waals surface area (Å²) in [6.45, 7) is 22.0. The summed E-state index contributed by atoms with van der Waals surface area (Å²) in [7, 11) is 0. The van der Waals surface area contributed by atoms with Gasteiger partial charge < -0.3 is 5.73 Å². The first kappa shape index (κ1) is 24.4. The van der Waals surface area contributed by atoms with E-state index in [1.54, 1.807) is 0 Å². The molecule has 0 amide bonds. The van der Waals surface area contributed by atoms with Gasteiger partial charge in [0.2, 0.25) is 5.69 Å². The lowest BCUT2D eigenvalue weighted by Gasteiger charge is -2.44. The Morgan fingerprint density at radius 1 is 1.18 bits per heavy atom. The molecule has 0 radical (unpaired) electrons. The molecule has 0 saturated carbocycles. The highest BCUT2D eigenvalue weighted by Crippen LogP contribution is 2.49. The quantitative estimate of drug-likeness (QED) is 0.331. The monoisotopic (exact) mass is 441 g/mol. The third kappa shape index (κ3) is 4.50. The third-order valence-electron chi connectivity index (χ3n) is 7.54. The lowest BCUT2D eigenvalue weighted by Crippen LogP contribution is -2.54. The van der Waals surface area contributed by atoms with Crippen molar-refractivity contribution in [2.45, 2.75) is 58.9 Å². The number of allylic oxidation sites excluding steroid dienone is 2. The first-order valence-electron chi connectivity index (χ1n) is 11.8. The number of pyridine rings is 1. The molecular formula is C30H39N3+2. The van der Waals surface area contributed by atoms with Crippen molar-refractivity contribution < 1.29 is 9.14 Å². The standard InChI is InChI=1S/C30H39N3/c1-8-19-32(7)30(6)22-24(4)33-20-13-12-16-28(33)27-15-11-10-14-25(27)17-18-29(30,5)26(9-2)21-23(3)31/h8,10-16,19-21H,3-4,7,9,17-18,22,31H2,1-2,5-6H3/q+2/b19-8-,26-21+. The van der Waals surface area contributed by atoms with E-state index in [4.69, 9.17) is 5.73 Å². The molecule has 1 aromatic carbocycles. The summed E-state index contributed by atoms with van der Waals surface area (Å²) in [5.41, 5.74) is 12.2. The van der Waals surface area contributed by atoms with Crippen LogP contribution in [0.15, 0.2) is 91.4 Å². The molecule has 3 rings (SSSR count). The van der Waals surface area contributed by atoms with Crippen molar-refractivity contribution in [3.63, 3.8) is 0 Å². The Bertz CT molecular complexity index is 1140. The maximum absolute atomic E-state index is 6.11. The molecule has 1 aliphatic heterocycles. The normalized spacial score (nSPS) is 23.6. The van der Waals surface area contributed by atoms with Gasteiger partial charge in [0.15, 0.2) is 23.6 Å². The maximum Gasteiger partial charge on any atom is 0.218 e. The fourth-order valence-corrected chi connectivity index (χ4v) is 5.40. The highest BCUT2D eigenvalue weighted by Gasteiger charge is 2.55. The van der Waals surface area contributed by atoms with Crippen molar-refractivity contribution in [2.75, 3.05) is 0 Å². The molecule has 0 bridgehead atoms. The largest absolute Gasteiger partial charge is 0.399 e. The van der Waals surface area contributed by atoms with Gasteiger partial charge >= 0.3 is 0 Å². The first-order valence-corrected chi connectivity index (χ1v) is 11.8. The van der Waals surface area contributed by atoms with Crippen LogP contribution in [0.3, 0.4) is 0 Å². The molecule has 1 aromatic heterocycles. The fourth-order valence-electron chi connectivity index (χ4n) is 5.40. The Kier molecular flexibility index (Phi) is 7.22. The van der Waals surface area contributed by atoms with Crippen LogP contribution in [0.25, 0.3) is 17.0 Å². The van der Waals surface area contributed by atoms with E-state index < -0.39 is 0 Å². The number of aromatic nitrogens is 1. The zero-order chi connectivity index (χ0) is 24.2. The van der Waals surface area contributed by atoms with Crippen LogP contribution in [0.1, 0.15) is 52.5 Å². The lowest BCUT2D eigenvalue weighted by molar-refractivity contribution is -0.591. The van der Waals surface area contributed by atoms with Gasteiger partial charge in [0, 0.05) is 30.3 Å². The number of hydrogen-bond donors (Lipinski definition) is 1. The average Bonchev–Trinajstić information content (AvgIpc) is 2.80. The lowest BCUT2D eigenvalue weighted by atomic mass is 9.61. The van der Waals surface area contributed by atoms with Crippen molar-refractivity contribution in [1.29, 1.82) is 0 Å². The molecular weight excluding hydrogens is 402 g/mol. The van der Waals surface area contributed by atoms with Gasteiger partial charge in [0.05, 0.1) is 11.8 Å². The Hall–Kier alpha value is -3.20. The number of fused-ring (bicyclic) bond motifs is 3. The van der Waals surface area contributed by atoms with Crippen LogP contribution in [0.4, 0.5) is 0 Å². The van der Waals surface area contributed by atoms with Crippen LogP contribution in [0.2, 0.25) is 0 Å². The van der Waals surface area contributed by atoms with Gasteiger partial charge in [-0.1, -0.05) is 37.3 Å². The van der Waals surface area contributed by atoms with E-state index in [0.717, 1.165) is 31.4 Å². The molecule has 0 saturated heterocycles. The van der Waals surface area contributed by atoms with E-state index >= 15 is 0 Å². The number of rotatable bonds is 5. The number of nitrogens with two attached hydrogens (primary N) is 1. The molecule has 2 N–H and O–H groups in total. The van der Waals surface area contributed by atoms with Gasteiger partial charge in [-0.3, -0.25) is 0 Å². The van der Waals surface area contributed by atoms with E-state index in [-0.39, 0.29) is 11.0 Å². The average molecular weight is 442 g/mol. The zero-order valence-electron chi connectivity index (χ0n) is 20.8. The first-order chi connectivity index (χ1) is 15.7. The van der Waals surface area contributed by atoms with Crippen LogP contribution < -0.4 is 10.3 Å². The zero-order valence-corrected chi connectivity index (χ0v) is 20.8. The second-order valence-electron chi connectivity index (χ2n) is 9.51. The molecule has 2 heterocycles. The summed E-state index contributed by atoms with van der Waals surface area (Å²) < 4.78 is 4.36. The molecule has 3 heteroatoms. The summed E-state index contributed by atoms with van der Waals surface area (Å²) in [6, 6.07) is 15.1. The molecule has 3 nitrogen and oxygen atoms in total. The summed E-state index contributed by atoms with van der Waals surface area (Å²) in [5.74, 6) is 0. The predicted molar refractivity (Wildman–Crippen MR) is 141 cm³/mol. The minimum atomic E-state index is -0.347. The predicted octanol–water partition coefficient (Wildman–Crippen LogP) is 6.27. The molecule has 0 fully saturated rings. The van der Waals surface area contributed by atoms with E-state index in [9.17, 15) is 0 Å². The summed E-state index contributed by atoms with van der Waals surface area (Å²) in [5, 5.41) is 0. The molecule has 0 spiro atoms. The van der Waals surface area contributed by atoms with Gasteiger partial charge in [-0.05, 0) is 69.5 Å². The third-order valence-corrected chi connectivity index (χ3v) is 7.54. The molecule has 2 atom stereocenters. The van der Waals surface area contributed by atoms with Gasteiger partial charge in [0.1, 0.15) is 6.72 Å². The van der Waals surface area contributed by atoms with E-state index in [1.807, 2.05) is 13.0 Å². The van der Waals surface area contributed by atoms with Crippen LogP contribution in [-0.2, 0) is 6.42 Å². The van der Waals surface area contributed by atoms with Gasteiger partial charge in [0.25, 0.3) is 0 Å². The van der Waals surface area contributed by atoms with Crippen molar-refractivity contribution in [3.8, 4) is 11.3 Å². The number of nitrogens with zero attached hydrogens (tertiary/aromatic N) is 2. The van der Waals surface area contributed by atoms with Gasteiger partial charge in [-0.15, -0.1) is 0 Å². The van der Waals surface area contributed by atoms with Crippen LogP contribution in [-0.4, -0.2) is 16.8 Å². The molecule has 1 aliphatic rings. The second kappa shape index (κ2) is 9.74. The van der Waals surface area contributed by atoms with Crippen molar-refractivity contribution in [2.24, 2.45) is 11.1 Å². The van der Waals surface area contributed by atoms with Crippen LogP contribution in [0.5, 0.6) is 0 Å². The number of hydrogen-bond acceptors (Lipinski definition) is 1. The highest BCUT2D eigenvalue weighted by atomic mass is 15.1. The van der Waals surface area contributed by atoms with Crippen molar-refractivity contribution in [1.82, 2.24) is 0 Å². The molecule has 2 aromatic rings. The van der Waals surface area contributed by atoms with E-state index in [2.05, 4.69) is 111 Å². The molecule has 2 unspecified atom stereocenters. The molecule has 0 aliphatic carbocycles. The Morgan fingerprint density at radius 3 is 2.55 bits per heavy atom. The number of aryl methyl sites for hydroxylation is 1. The summed E-state index contributed by atoms with van der Waals surface area (Å²) >= 11 is 0. The van der Waals surface area contributed by atoms with Crippen molar-refractivity contribution >= 4 is 12.4 Å². The summed E-state index contributed by atoms with van der Waals surface area (Å²) in [6.07, 6.45) is 11.9. The van der Waals surface area contributed by atoms with E-state index in [0.29, 0.717) is 5.70 Å².